The van der Waals surface area contributed by atoms with Crippen molar-refractivity contribution in [1.82, 2.24) is 5.32 Å². The summed E-state index contributed by atoms with van der Waals surface area (Å²) in [7, 11) is 0. The Kier molecular flexibility index (Phi) is 6.16. The van der Waals surface area contributed by atoms with Crippen LogP contribution in [0.25, 0.3) is 0 Å². The van der Waals surface area contributed by atoms with Gasteiger partial charge in [0.15, 0.2) is 11.6 Å². The Morgan fingerprint density at radius 2 is 2.22 bits per heavy atom. The van der Waals surface area contributed by atoms with Crippen LogP contribution in [-0.4, -0.2) is 13.2 Å². The van der Waals surface area contributed by atoms with E-state index in [1.54, 1.807) is 6.07 Å². The number of hydrogen-bond donors (Lipinski definition) is 1. The number of nitrogens with one attached hydrogen (secondary N) is 1. The molecule has 98 valence electrons. The molecular formula is C14H19FN2O. The summed E-state index contributed by atoms with van der Waals surface area (Å²) < 4.78 is 18.7. The van der Waals surface area contributed by atoms with Gasteiger partial charge in [0.05, 0.1) is 18.6 Å². The third kappa shape index (κ3) is 4.34. The fourth-order valence-corrected chi connectivity index (χ4v) is 1.60. The second-order valence-corrected chi connectivity index (χ2v) is 4.06. The van der Waals surface area contributed by atoms with Gasteiger partial charge in [0, 0.05) is 13.1 Å². The number of halogens is 1. The number of nitrogens with zero attached hydrogens (tertiary/aromatic N) is 1. The van der Waals surface area contributed by atoms with Gasteiger partial charge in [-0.2, -0.15) is 5.26 Å². The van der Waals surface area contributed by atoms with E-state index in [0.717, 1.165) is 12.0 Å². The molecule has 1 aromatic carbocycles. The lowest BCUT2D eigenvalue weighted by atomic mass is 10.1. The highest BCUT2D eigenvalue weighted by molar-refractivity contribution is 5.29. The summed E-state index contributed by atoms with van der Waals surface area (Å²) in [6.07, 6.45) is 0.821. The molecule has 18 heavy (non-hydrogen) atoms. The van der Waals surface area contributed by atoms with Gasteiger partial charge in [-0.1, -0.05) is 13.0 Å². The molecule has 0 fully saturated rings. The Hall–Kier alpha value is -1.60. The minimum atomic E-state index is -0.344. The normalized spacial score (nSPS) is 11.9. The van der Waals surface area contributed by atoms with Crippen LogP contribution in [0.1, 0.15) is 25.8 Å². The largest absolute Gasteiger partial charge is 0.491 e. The summed E-state index contributed by atoms with van der Waals surface area (Å²) in [4.78, 5) is 0. The average Bonchev–Trinajstić information content (AvgIpc) is 2.38. The number of benzene rings is 1. The molecule has 0 aliphatic carbocycles. The highest BCUT2D eigenvalue weighted by atomic mass is 19.1. The van der Waals surface area contributed by atoms with Gasteiger partial charge in [-0.25, -0.2) is 4.39 Å². The molecule has 0 aliphatic rings. The fourth-order valence-electron chi connectivity index (χ4n) is 1.60. The highest BCUT2D eigenvalue weighted by Crippen LogP contribution is 2.18. The van der Waals surface area contributed by atoms with E-state index in [4.69, 9.17) is 10.00 Å². The van der Waals surface area contributed by atoms with Crippen molar-refractivity contribution < 1.29 is 9.13 Å². The number of nitriles is 1. The van der Waals surface area contributed by atoms with Gasteiger partial charge in [0.25, 0.3) is 0 Å². The van der Waals surface area contributed by atoms with Crippen LogP contribution < -0.4 is 10.1 Å². The first-order chi connectivity index (χ1) is 8.71. The van der Waals surface area contributed by atoms with Crippen molar-refractivity contribution in [3.05, 3.63) is 29.6 Å². The molecule has 0 radical (unpaired) electrons. The summed E-state index contributed by atoms with van der Waals surface area (Å²) in [5.41, 5.74) is 0.851. The van der Waals surface area contributed by atoms with Crippen molar-refractivity contribution in [3.63, 3.8) is 0 Å². The van der Waals surface area contributed by atoms with E-state index >= 15 is 0 Å². The maximum absolute atomic E-state index is 13.6. The summed E-state index contributed by atoms with van der Waals surface area (Å²) in [5.74, 6) is -0.0503. The lowest BCUT2D eigenvalue weighted by Crippen LogP contribution is -2.21. The Labute approximate surface area is 108 Å². The molecule has 0 aromatic heterocycles. The molecule has 0 saturated heterocycles. The van der Waals surface area contributed by atoms with Crippen LogP contribution in [0.15, 0.2) is 18.2 Å². The molecule has 0 amide bonds. The second kappa shape index (κ2) is 7.67. The van der Waals surface area contributed by atoms with Crippen LogP contribution >= 0.6 is 0 Å². The van der Waals surface area contributed by atoms with Gasteiger partial charge >= 0.3 is 0 Å². The first-order valence-corrected chi connectivity index (χ1v) is 6.22. The third-order valence-electron chi connectivity index (χ3n) is 2.69. The van der Waals surface area contributed by atoms with Crippen molar-refractivity contribution in [2.75, 3.05) is 13.2 Å². The van der Waals surface area contributed by atoms with E-state index in [1.807, 2.05) is 19.9 Å². The van der Waals surface area contributed by atoms with Gasteiger partial charge < -0.3 is 10.1 Å². The predicted octanol–water partition coefficient (Wildman–Crippen LogP) is 2.86. The molecule has 1 atom stereocenters. The molecule has 0 aliphatic heterocycles. The number of ether oxygens (including phenoxy) is 1. The fraction of sp³-hybridized carbons (Fsp3) is 0.500. The van der Waals surface area contributed by atoms with Crippen LogP contribution in [-0.2, 0) is 6.54 Å². The molecule has 0 bridgehead atoms. The quantitative estimate of drug-likeness (QED) is 0.809. The number of rotatable bonds is 7. The molecule has 0 saturated carbocycles. The Bertz CT molecular complexity index is 415. The van der Waals surface area contributed by atoms with E-state index in [-0.39, 0.29) is 17.5 Å². The first kappa shape index (κ1) is 14.5. The van der Waals surface area contributed by atoms with Crippen molar-refractivity contribution in [2.45, 2.75) is 26.8 Å². The van der Waals surface area contributed by atoms with Crippen LogP contribution in [0.2, 0.25) is 0 Å². The summed E-state index contributed by atoms with van der Waals surface area (Å²) >= 11 is 0. The van der Waals surface area contributed by atoms with Gasteiger partial charge in [-0.05, 0) is 31.0 Å². The van der Waals surface area contributed by atoms with Crippen molar-refractivity contribution >= 4 is 0 Å². The maximum Gasteiger partial charge on any atom is 0.165 e. The third-order valence-corrected chi connectivity index (χ3v) is 2.69. The molecule has 0 spiro atoms. The van der Waals surface area contributed by atoms with E-state index in [2.05, 4.69) is 11.4 Å². The van der Waals surface area contributed by atoms with Crippen molar-refractivity contribution in [1.29, 1.82) is 5.26 Å². The van der Waals surface area contributed by atoms with Crippen LogP contribution in [0, 0.1) is 23.1 Å². The maximum atomic E-state index is 13.6. The predicted molar refractivity (Wildman–Crippen MR) is 68.7 cm³/mol. The average molecular weight is 250 g/mol. The standard InChI is InChI=1S/C14H19FN2O/c1-3-11(8-16)9-17-10-12-5-6-14(18-4-2)13(15)7-12/h5-7,11,17H,3-4,9-10H2,1-2H3. The molecular weight excluding hydrogens is 231 g/mol. The van der Waals surface area contributed by atoms with Crippen LogP contribution in [0.5, 0.6) is 5.75 Å². The SMILES string of the molecule is CCOc1ccc(CNCC(C#N)CC)cc1F. The number of hydrogen-bond acceptors (Lipinski definition) is 3. The highest BCUT2D eigenvalue weighted by Gasteiger charge is 2.06. The van der Waals surface area contributed by atoms with Gasteiger partial charge in [-0.15, -0.1) is 0 Å². The molecule has 1 unspecified atom stereocenters. The van der Waals surface area contributed by atoms with Gasteiger partial charge in [-0.3, -0.25) is 0 Å². The minimum Gasteiger partial charge on any atom is -0.491 e. The van der Waals surface area contributed by atoms with E-state index in [9.17, 15) is 4.39 Å². The van der Waals surface area contributed by atoms with Crippen molar-refractivity contribution in [3.8, 4) is 11.8 Å². The smallest absolute Gasteiger partial charge is 0.165 e. The molecule has 3 nitrogen and oxygen atoms in total. The molecule has 1 aromatic rings. The zero-order chi connectivity index (χ0) is 13.4. The lowest BCUT2D eigenvalue weighted by molar-refractivity contribution is 0.321. The van der Waals surface area contributed by atoms with E-state index < -0.39 is 0 Å². The summed E-state index contributed by atoms with van der Waals surface area (Å²) in [6, 6.07) is 7.15. The van der Waals surface area contributed by atoms with Gasteiger partial charge in [0.1, 0.15) is 0 Å². The monoisotopic (exact) mass is 250 g/mol. The van der Waals surface area contributed by atoms with Crippen LogP contribution in [0.4, 0.5) is 4.39 Å². The first-order valence-electron chi connectivity index (χ1n) is 6.22. The molecule has 1 N–H and O–H groups in total. The Morgan fingerprint density at radius 1 is 1.44 bits per heavy atom. The van der Waals surface area contributed by atoms with E-state index in [1.165, 1.54) is 6.07 Å². The van der Waals surface area contributed by atoms with Gasteiger partial charge in [0.2, 0.25) is 0 Å². The second-order valence-electron chi connectivity index (χ2n) is 4.06. The van der Waals surface area contributed by atoms with E-state index in [0.29, 0.717) is 19.7 Å². The Balaban J connectivity index is 2.49. The van der Waals surface area contributed by atoms with Crippen LogP contribution in [0.3, 0.4) is 0 Å². The zero-order valence-corrected chi connectivity index (χ0v) is 10.9. The molecule has 0 heterocycles. The molecule has 1 rings (SSSR count). The summed E-state index contributed by atoms with van der Waals surface area (Å²) in [5, 5.41) is 11.9. The lowest BCUT2D eigenvalue weighted by Gasteiger charge is -2.09. The Morgan fingerprint density at radius 3 is 2.78 bits per heavy atom. The zero-order valence-electron chi connectivity index (χ0n) is 10.9. The molecule has 4 heteroatoms. The topological polar surface area (TPSA) is 45.0 Å². The van der Waals surface area contributed by atoms with Crippen molar-refractivity contribution in [2.24, 2.45) is 5.92 Å². The minimum absolute atomic E-state index is 0.0116. The summed E-state index contributed by atoms with van der Waals surface area (Å²) in [6.45, 7) is 5.44.